The van der Waals surface area contributed by atoms with Crippen molar-refractivity contribution < 1.29 is 5.11 Å². The number of hydrogen-bond acceptors (Lipinski definition) is 6. The predicted octanol–water partition coefficient (Wildman–Crippen LogP) is 2.99. The fraction of sp³-hybridized carbons (Fsp3) is 0.348. The number of anilines is 1. The van der Waals surface area contributed by atoms with Gasteiger partial charge in [-0.2, -0.15) is 0 Å². The van der Waals surface area contributed by atoms with Gasteiger partial charge in [0.1, 0.15) is 5.82 Å². The number of aliphatic hydroxyl groups is 1. The van der Waals surface area contributed by atoms with Gasteiger partial charge in [-0.1, -0.05) is 24.3 Å². The first-order valence-corrected chi connectivity index (χ1v) is 10.1. The lowest BCUT2D eigenvalue weighted by molar-refractivity contribution is 0.114. The molecular weight excluding hydrogens is 362 g/mol. The average molecular weight is 390 g/mol. The van der Waals surface area contributed by atoms with Crippen LogP contribution in [0, 0.1) is 13.8 Å². The van der Waals surface area contributed by atoms with E-state index in [1.807, 2.05) is 26.0 Å². The van der Waals surface area contributed by atoms with Gasteiger partial charge >= 0.3 is 0 Å². The molecule has 0 aliphatic carbocycles. The summed E-state index contributed by atoms with van der Waals surface area (Å²) in [6.45, 7) is 6.93. The van der Waals surface area contributed by atoms with Gasteiger partial charge in [-0.05, 0) is 43.5 Å². The lowest BCUT2D eigenvalue weighted by Gasteiger charge is -2.30. The van der Waals surface area contributed by atoms with Gasteiger partial charge in [0.2, 0.25) is 0 Å². The van der Waals surface area contributed by atoms with E-state index in [-0.39, 0.29) is 0 Å². The maximum atomic E-state index is 10.6. The molecule has 6 nitrogen and oxygen atoms in total. The number of nitrogens with zero attached hydrogens (tertiary/aromatic N) is 4. The molecule has 1 aromatic carbocycles. The van der Waals surface area contributed by atoms with Crippen LogP contribution in [0.1, 0.15) is 22.4 Å². The van der Waals surface area contributed by atoms with Crippen LogP contribution in [0.4, 0.5) is 5.82 Å². The molecule has 1 aliphatic heterocycles. The fourth-order valence-corrected chi connectivity index (χ4v) is 3.71. The highest BCUT2D eigenvalue weighted by molar-refractivity contribution is 5.58. The smallest absolute Gasteiger partial charge is 0.163 e. The minimum absolute atomic E-state index is 0.446. The Morgan fingerprint density at radius 3 is 2.72 bits per heavy atom. The molecule has 150 valence electrons. The first kappa shape index (κ1) is 19.5. The van der Waals surface area contributed by atoms with Gasteiger partial charge in [-0.3, -0.25) is 9.88 Å². The Labute approximate surface area is 171 Å². The van der Waals surface area contributed by atoms with Gasteiger partial charge in [0.15, 0.2) is 5.82 Å². The molecule has 29 heavy (non-hydrogen) atoms. The number of aromatic nitrogens is 3. The molecule has 1 aliphatic rings. The molecule has 3 aromatic rings. The molecule has 6 heteroatoms. The molecule has 1 unspecified atom stereocenters. The lowest BCUT2D eigenvalue weighted by Crippen LogP contribution is -2.39. The van der Waals surface area contributed by atoms with Gasteiger partial charge in [-0.15, -0.1) is 0 Å². The minimum Gasteiger partial charge on any atom is -0.390 e. The van der Waals surface area contributed by atoms with E-state index in [2.05, 4.69) is 49.4 Å². The Hall–Kier alpha value is -2.83. The third-order valence-corrected chi connectivity index (χ3v) is 5.49. The summed E-state index contributed by atoms with van der Waals surface area (Å²) in [7, 11) is 0. The molecule has 0 saturated carbocycles. The highest BCUT2D eigenvalue weighted by Gasteiger charge is 2.19. The Morgan fingerprint density at radius 1 is 1.10 bits per heavy atom. The largest absolute Gasteiger partial charge is 0.390 e. The molecule has 4 rings (SSSR count). The van der Waals surface area contributed by atoms with Crippen LogP contribution in [-0.2, 0) is 13.0 Å². The first-order valence-electron chi connectivity index (χ1n) is 10.1. The van der Waals surface area contributed by atoms with E-state index in [1.54, 1.807) is 12.4 Å². The summed E-state index contributed by atoms with van der Waals surface area (Å²) < 4.78 is 0. The van der Waals surface area contributed by atoms with Crippen LogP contribution in [0.25, 0.3) is 11.4 Å². The first-order chi connectivity index (χ1) is 14.1. The standard InChI is InChI=1S/C23H27N5O/c1-16-17(2)26-23(19-8-5-10-24-12-19)27-22(16)25-13-21(29)15-28-11-9-18-6-3-4-7-20(18)14-28/h3-8,10,12,21,29H,9,11,13-15H2,1-2H3,(H,25,26,27). The van der Waals surface area contributed by atoms with Crippen LogP contribution in [-0.4, -0.2) is 50.7 Å². The summed E-state index contributed by atoms with van der Waals surface area (Å²) in [4.78, 5) is 15.7. The summed E-state index contributed by atoms with van der Waals surface area (Å²) in [5, 5.41) is 13.9. The quantitative estimate of drug-likeness (QED) is 0.675. The molecule has 0 fully saturated rings. The Kier molecular flexibility index (Phi) is 5.83. The minimum atomic E-state index is -0.475. The number of benzene rings is 1. The van der Waals surface area contributed by atoms with Crippen LogP contribution < -0.4 is 5.32 Å². The zero-order valence-corrected chi connectivity index (χ0v) is 17.0. The van der Waals surface area contributed by atoms with Crippen molar-refractivity contribution in [1.29, 1.82) is 0 Å². The van der Waals surface area contributed by atoms with Gasteiger partial charge < -0.3 is 10.4 Å². The molecular formula is C23H27N5O. The number of pyridine rings is 1. The maximum Gasteiger partial charge on any atom is 0.163 e. The maximum absolute atomic E-state index is 10.6. The molecule has 1 atom stereocenters. The van der Waals surface area contributed by atoms with E-state index < -0.39 is 6.10 Å². The fourth-order valence-electron chi connectivity index (χ4n) is 3.71. The third-order valence-electron chi connectivity index (χ3n) is 5.49. The number of rotatable bonds is 6. The van der Waals surface area contributed by atoms with Crippen molar-refractivity contribution in [2.24, 2.45) is 0 Å². The van der Waals surface area contributed by atoms with E-state index >= 15 is 0 Å². The summed E-state index contributed by atoms with van der Waals surface area (Å²) in [5.41, 5.74) is 5.58. The Bertz CT molecular complexity index is 976. The zero-order chi connectivity index (χ0) is 20.2. The van der Waals surface area contributed by atoms with E-state index in [1.165, 1.54) is 11.1 Å². The number of fused-ring (bicyclic) bond motifs is 1. The monoisotopic (exact) mass is 389 g/mol. The second-order valence-corrected chi connectivity index (χ2v) is 7.64. The van der Waals surface area contributed by atoms with Crippen molar-refractivity contribution in [1.82, 2.24) is 19.9 Å². The van der Waals surface area contributed by atoms with E-state index in [9.17, 15) is 5.11 Å². The molecule has 0 bridgehead atoms. The van der Waals surface area contributed by atoms with E-state index in [0.29, 0.717) is 18.9 Å². The van der Waals surface area contributed by atoms with Gasteiger partial charge in [0.05, 0.1) is 6.10 Å². The second kappa shape index (κ2) is 8.68. The lowest BCUT2D eigenvalue weighted by atomic mass is 10.00. The number of aryl methyl sites for hydroxylation is 1. The summed E-state index contributed by atoms with van der Waals surface area (Å²) >= 11 is 0. The number of aliphatic hydroxyl groups excluding tert-OH is 1. The zero-order valence-electron chi connectivity index (χ0n) is 17.0. The van der Waals surface area contributed by atoms with Crippen molar-refractivity contribution in [3.05, 3.63) is 71.2 Å². The molecule has 0 saturated heterocycles. The number of hydrogen-bond donors (Lipinski definition) is 2. The van der Waals surface area contributed by atoms with Crippen LogP contribution in [0.2, 0.25) is 0 Å². The normalized spacial score (nSPS) is 15.0. The van der Waals surface area contributed by atoms with Crippen molar-refractivity contribution in [2.75, 3.05) is 25.0 Å². The van der Waals surface area contributed by atoms with Crippen LogP contribution in [0.5, 0.6) is 0 Å². The van der Waals surface area contributed by atoms with Gasteiger partial charge in [0, 0.05) is 55.4 Å². The van der Waals surface area contributed by atoms with E-state index in [4.69, 9.17) is 0 Å². The highest BCUT2D eigenvalue weighted by atomic mass is 16.3. The SMILES string of the molecule is Cc1nc(-c2cccnc2)nc(NCC(O)CN2CCc3ccccc3C2)c1C. The topological polar surface area (TPSA) is 74.2 Å². The predicted molar refractivity (Wildman–Crippen MR) is 115 cm³/mol. The summed E-state index contributed by atoms with van der Waals surface area (Å²) in [6.07, 6.45) is 4.06. The van der Waals surface area contributed by atoms with Crippen molar-refractivity contribution in [3.8, 4) is 11.4 Å². The van der Waals surface area contributed by atoms with Crippen molar-refractivity contribution in [3.63, 3.8) is 0 Å². The average Bonchev–Trinajstić information content (AvgIpc) is 2.75. The van der Waals surface area contributed by atoms with Crippen molar-refractivity contribution in [2.45, 2.75) is 32.9 Å². The Balaban J connectivity index is 1.39. The molecule has 3 heterocycles. The van der Waals surface area contributed by atoms with Crippen LogP contribution in [0.15, 0.2) is 48.8 Å². The molecule has 0 radical (unpaired) electrons. The van der Waals surface area contributed by atoms with Crippen LogP contribution >= 0.6 is 0 Å². The molecule has 2 aromatic heterocycles. The molecule has 0 amide bonds. The molecule has 0 spiro atoms. The summed E-state index contributed by atoms with van der Waals surface area (Å²) in [6, 6.07) is 12.4. The third kappa shape index (κ3) is 4.60. The second-order valence-electron chi connectivity index (χ2n) is 7.64. The van der Waals surface area contributed by atoms with Crippen molar-refractivity contribution >= 4 is 5.82 Å². The Morgan fingerprint density at radius 2 is 1.93 bits per heavy atom. The number of β-amino-alcohol motifs (C(OH)–C–C–N with tert-alkyl or cyclic N) is 1. The number of nitrogens with one attached hydrogen (secondary N) is 1. The van der Waals surface area contributed by atoms with Crippen LogP contribution in [0.3, 0.4) is 0 Å². The summed E-state index contributed by atoms with van der Waals surface area (Å²) in [5.74, 6) is 1.41. The highest BCUT2D eigenvalue weighted by Crippen LogP contribution is 2.22. The van der Waals surface area contributed by atoms with Gasteiger partial charge in [0.25, 0.3) is 0 Å². The molecule has 2 N–H and O–H groups in total. The van der Waals surface area contributed by atoms with E-state index in [0.717, 1.165) is 42.1 Å². The van der Waals surface area contributed by atoms with Gasteiger partial charge in [-0.25, -0.2) is 9.97 Å².